The molecule has 2 aromatic rings. The number of amides is 1. The van der Waals surface area contributed by atoms with Gasteiger partial charge >= 0.3 is 6.09 Å². The molecule has 0 aromatic heterocycles. The van der Waals surface area contributed by atoms with Crippen molar-refractivity contribution < 1.29 is 14.3 Å². The fourth-order valence-electron chi connectivity index (χ4n) is 2.29. The summed E-state index contributed by atoms with van der Waals surface area (Å²) in [5, 5.41) is 2.77. The number of alkyl carbamates (subject to hydrolysis) is 1. The molecule has 0 saturated heterocycles. The van der Waals surface area contributed by atoms with Crippen LogP contribution in [0.3, 0.4) is 0 Å². The lowest BCUT2D eigenvalue weighted by molar-refractivity contribution is 0.0965. The number of nitrogens with one attached hydrogen (secondary N) is 1. The first-order chi connectivity index (χ1) is 11.1. The lowest BCUT2D eigenvalue weighted by Crippen LogP contribution is -2.30. The second kappa shape index (κ2) is 8.13. The van der Waals surface area contributed by atoms with Gasteiger partial charge in [-0.15, -0.1) is 0 Å². The van der Waals surface area contributed by atoms with Gasteiger partial charge in [-0.3, -0.25) is 4.79 Å². The minimum Gasteiger partial charge on any atom is -0.450 e. The summed E-state index contributed by atoms with van der Waals surface area (Å²) in [6, 6.07) is 16.4. The number of ketones is 1. The Balaban J connectivity index is 2.17. The summed E-state index contributed by atoms with van der Waals surface area (Å²) in [5.74, 6) is -0.0204. The molecule has 0 radical (unpaired) electrons. The molecule has 0 aliphatic carbocycles. The van der Waals surface area contributed by atoms with Crippen molar-refractivity contribution in [2.45, 2.75) is 26.3 Å². The van der Waals surface area contributed by atoms with Gasteiger partial charge in [-0.2, -0.15) is 0 Å². The van der Waals surface area contributed by atoms with Crippen LogP contribution in [0.25, 0.3) is 0 Å². The van der Waals surface area contributed by atoms with Crippen LogP contribution in [-0.2, 0) is 4.74 Å². The predicted molar refractivity (Wildman–Crippen MR) is 89.5 cm³/mol. The zero-order valence-electron chi connectivity index (χ0n) is 13.4. The highest BCUT2D eigenvalue weighted by Gasteiger charge is 2.19. The largest absolute Gasteiger partial charge is 0.450 e. The van der Waals surface area contributed by atoms with E-state index < -0.39 is 12.1 Å². The minimum atomic E-state index is -0.515. The Hall–Kier alpha value is -2.62. The molecule has 1 N–H and O–H groups in total. The highest BCUT2D eigenvalue weighted by atomic mass is 16.5. The summed E-state index contributed by atoms with van der Waals surface area (Å²) in [6.45, 7) is 4.03. The van der Waals surface area contributed by atoms with Crippen molar-refractivity contribution in [3.63, 3.8) is 0 Å². The second-order valence-electron chi connectivity index (χ2n) is 5.32. The average Bonchev–Trinajstić information content (AvgIpc) is 2.56. The maximum absolute atomic E-state index is 12.4. The van der Waals surface area contributed by atoms with Crippen molar-refractivity contribution in [1.29, 1.82) is 0 Å². The zero-order chi connectivity index (χ0) is 16.7. The predicted octanol–water partition coefficient (Wildman–Crippen LogP) is 4.06. The van der Waals surface area contributed by atoms with Gasteiger partial charge in [-0.25, -0.2) is 4.79 Å². The molecule has 4 heteroatoms. The van der Waals surface area contributed by atoms with Crippen LogP contribution in [0.1, 0.15) is 40.9 Å². The van der Waals surface area contributed by atoms with Crippen molar-refractivity contribution >= 4 is 11.9 Å². The van der Waals surface area contributed by atoms with Gasteiger partial charge in [0.05, 0.1) is 12.6 Å². The Morgan fingerprint density at radius 1 is 1.04 bits per heavy atom. The number of hydrogen-bond acceptors (Lipinski definition) is 3. The summed E-state index contributed by atoms with van der Waals surface area (Å²) in [6.07, 6.45) is -0.328. The molecule has 0 aliphatic rings. The van der Waals surface area contributed by atoms with Crippen molar-refractivity contribution in [3.8, 4) is 0 Å². The van der Waals surface area contributed by atoms with E-state index in [1.807, 2.05) is 49.4 Å². The molecule has 0 spiro atoms. The fourth-order valence-corrected chi connectivity index (χ4v) is 2.29. The Morgan fingerprint density at radius 2 is 1.70 bits per heavy atom. The first-order valence-corrected chi connectivity index (χ1v) is 7.68. The number of Topliss-reactive ketones (excluding diaryl/α,β-unsaturated/α-hetero) is 1. The lowest BCUT2D eigenvalue weighted by Gasteiger charge is -2.18. The van der Waals surface area contributed by atoms with Crippen molar-refractivity contribution in [2.75, 3.05) is 6.61 Å². The molecule has 0 fully saturated rings. The molecule has 120 valence electrons. The summed E-state index contributed by atoms with van der Waals surface area (Å²) < 4.78 is 4.94. The zero-order valence-corrected chi connectivity index (χ0v) is 13.4. The number of hydrogen-bond donors (Lipinski definition) is 1. The highest BCUT2D eigenvalue weighted by molar-refractivity contribution is 5.96. The third-order valence-corrected chi connectivity index (χ3v) is 3.53. The van der Waals surface area contributed by atoms with E-state index in [9.17, 15) is 9.59 Å². The van der Waals surface area contributed by atoms with Gasteiger partial charge in [0.15, 0.2) is 5.78 Å². The molecular weight excluding hydrogens is 290 g/mol. The van der Waals surface area contributed by atoms with E-state index in [0.717, 1.165) is 11.1 Å². The Morgan fingerprint density at radius 3 is 2.30 bits per heavy atom. The molecule has 4 nitrogen and oxygen atoms in total. The Kier molecular flexibility index (Phi) is 5.92. The minimum absolute atomic E-state index is 0.0204. The monoisotopic (exact) mass is 311 g/mol. The molecule has 1 unspecified atom stereocenters. The van der Waals surface area contributed by atoms with E-state index in [1.165, 1.54) is 0 Å². The molecule has 23 heavy (non-hydrogen) atoms. The summed E-state index contributed by atoms with van der Waals surface area (Å²) in [5.41, 5.74) is 2.64. The normalized spacial score (nSPS) is 11.6. The Labute approximate surface area is 136 Å². The van der Waals surface area contributed by atoms with E-state index in [0.29, 0.717) is 12.2 Å². The summed E-state index contributed by atoms with van der Waals surface area (Å²) >= 11 is 0. The van der Waals surface area contributed by atoms with Crippen LogP contribution in [0.15, 0.2) is 54.6 Å². The standard InChI is InChI=1S/C19H21NO3/c1-3-23-19(22)20-17(15-11-9-14(2)10-12-15)13-18(21)16-7-5-4-6-8-16/h4-12,17H,3,13H2,1-2H3,(H,20,22). The number of ether oxygens (including phenoxy) is 1. The second-order valence-corrected chi connectivity index (χ2v) is 5.32. The molecule has 1 amide bonds. The summed E-state index contributed by atoms with van der Waals surface area (Å²) in [4.78, 5) is 24.2. The first-order valence-electron chi connectivity index (χ1n) is 7.68. The van der Waals surface area contributed by atoms with Crippen molar-refractivity contribution in [3.05, 3.63) is 71.3 Å². The average molecular weight is 311 g/mol. The number of carbonyl (C=O) groups excluding carboxylic acids is 2. The molecule has 0 saturated carbocycles. The molecular formula is C19H21NO3. The maximum Gasteiger partial charge on any atom is 0.407 e. The third-order valence-electron chi connectivity index (χ3n) is 3.53. The maximum atomic E-state index is 12.4. The Bertz CT molecular complexity index is 650. The van der Waals surface area contributed by atoms with Gasteiger partial charge in [-0.1, -0.05) is 60.2 Å². The van der Waals surface area contributed by atoms with Crippen LogP contribution in [0.4, 0.5) is 4.79 Å². The van der Waals surface area contributed by atoms with Gasteiger partial charge in [0, 0.05) is 12.0 Å². The van der Waals surface area contributed by atoms with E-state index >= 15 is 0 Å². The van der Waals surface area contributed by atoms with Gasteiger partial charge in [0.25, 0.3) is 0 Å². The molecule has 0 heterocycles. The fraction of sp³-hybridized carbons (Fsp3) is 0.263. The van der Waals surface area contributed by atoms with Gasteiger partial charge in [-0.05, 0) is 19.4 Å². The first kappa shape index (κ1) is 16.7. The van der Waals surface area contributed by atoms with Crippen LogP contribution in [0, 0.1) is 6.92 Å². The topological polar surface area (TPSA) is 55.4 Å². The molecule has 2 aromatic carbocycles. The SMILES string of the molecule is CCOC(=O)NC(CC(=O)c1ccccc1)c1ccc(C)cc1. The van der Waals surface area contributed by atoms with E-state index in [1.54, 1.807) is 19.1 Å². The molecule has 0 aliphatic heterocycles. The molecule has 2 rings (SSSR count). The van der Waals surface area contributed by atoms with Gasteiger partial charge < -0.3 is 10.1 Å². The van der Waals surface area contributed by atoms with Crippen LogP contribution in [0.5, 0.6) is 0 Å². The van der Waals surface area contributed by atoms with Gasteiger partial charge in [0.1, 0.15) is 0 Å². The molecule has 1 atom stereocenters. The highest BCUT2D eigenvalue weighted by Crippen LogP contribution is 2.20. The lowest BCUT2D eigenvalue weighted by atomic mass is 9.97. The summed E-state index contributed by atoms with van der Waals surface area (Å²) in [7, 11) is 0. The van der Waals surface area contributed by atoms with Gasteiger partial charge in [0.2, 0.25) is 0 Å². The van der Waals surface area contributed by atoms with Crippen LogP contribution >= 0.6 is 0 Å². The number of benzene rings is 2. The molecule has 0 bridgehead atoms. The van der Waals surface area contributed by atoms with E-state index in [2.05, 4.69) is 5.32 Å². The van der Waals surface area contributed by atoms with Crippen LogP contribution < -0.4 is 5.32 Å². The van der Waals surface area contributed by atoms with E-state index in [-0.39, 0.29) is 12.2 Å². The quantitative estimate of drug-likeness (QED) is 0.819. The number of carbonyl (C=O) groups is 2. The van der Waals surface area contributed by atoms with Crippen molar-refractivity contribution in [2.24, 2.45) is 0 Å². The number of aryl methyl sites for hydroxylation is 1. The van der Waals surface area contributed by atoms with Crippen LogP contribution in [-0.4, -0.2) is 18.5 Å². The van der Waals surface area contributed by atoms with Crippen LogP contribution in [0.2, 0.25) is 0 Å². The number of rotatable bonds is 6. The third kappa shape index (κ3) is 4.95. The smallest absolute Gasteiger partial charge is 0.407 e. The van der Waals surface area contributed by atoms with E-state index in [4.69, 9.17) is 4.74 Å². The van der Waals surface area contributed by atoms with Crippen molar-refractivity contribution in [1.82, 2.24) is 5.32 Å².